The van der Waals surface area contributed by atoms with Crippen LogP contribution in [0.4, 0.5) is 0 Å². The van der Waals surface area contributed by atoms with Crippen molar-refractivity contribution in [3.63, 3.8) is 0 Å². The molecule has 90 valence electrons. The first-order valence-corrected chi connectivity index (χ1v) is 6.50. The van der Waals surface area contributed by atoms with Crippen LogP contribution in [0.2, 0.25) is 0 Å². The molecule has 1 aromatic heterocycles. The molecular weight excluding hydrogens is 198 g/mol. The third-order valence-corrected chi connectivity index (χ3v) is 3.21. The second-order valence-electron chi connectivity index (χ2n) is 5.25. The quantitative estimate of drug-likeness (QED) is 0.845. The lowest BCUT2D eigenvalue weighted by Crippen LogP contribution is -2.36. The van der Waals surface area contributed by atoms with E-state index in [0.717, 1.165) is 13.0 Å². The van der Waals surface area contributed by atoms with Gasteiger partial charge in [-0.25, -0.2) is 0 Å². The zero-order valence-electron chi connectivity index (χ0n) is 10.4. The molecule has 1 aromatic rings. The summed E-state index contributed by atoms with van der Waals surface area (Å²) in [7, 11) is 0. The highest BCUT2D eigenvalue weighted by Gasteiger charge is 2.15. The van der Waals surface area contributed by atoms with Crippen LogP contribution < -0.4 is 5.32 Å². The van der Waals surface area contributed by atoms with Gasteiger partial charge in [-0.1, -0.05) is 20.3 Å². The molecule has 1 N–H and O–H groups in total. The number of hydrogen-bond donors (Lipinski definition) is 1. The van der Waals surface area contributed by atoms with Gasteiger partial charge in [-0.05, 0) is 31.4 Å². The van der Waals surface area contributed by atoms with Crippen LogP contribution >= 0.6 is 0 Å². The third-order valence-electron chi connectivity index (χ3n) is 3.21. The number of nitrogens with zero attached hydrogens (tertiary/aromatic N) is 2. The van der Waals surface area contributed by atoms with Gasteiger partial charge in [0.25, 0.3) is 0 Å². The van der Waals surface area contributed by atoms with E-state index >= 15 is 0 Å². The van der Waals surface area contributed by atoms with Crippen LogP contribution in [0.15, 0.2) is 12.3 Å². The molecule has 3 heteroatoms. The van der Waals surface area contributed by atoms with E-state index < -0.39 is 0 Å². The van der Waals surface area contributed by atoms with Crippen molar-refractivity contribution in [1.82, 2.24) is 15.1 Å². The summed E-state index contributed by atoms with van der Waals surface area (Å²) < 4.78 is 2.17. The van der Waals surface area contributed by atoms with E-state index in [-0.39, 0.29) is 0 Å². The normalized spacial score (nSPS) is 21.6. The Hall–Kier alpha value is -0.830. The minimum Gasteiger partial charge on any atom is -0.314 e. The lowest BCUT2D eigenvalue weighted by Gasteiger charge is -2.23. The summed E-state index contributed by atoms with van der Waals surface area (Å²) in [5, 5.41) is 8.01. The highest BCUT2D eigenvalue weighted by molar-refractivity contribution is 5.03. The van der Waals surface area contributed by atoms with Crippen LogP contribution in [0.25, 0.3) is 0 Å². The minimum atomic E-state index is 0.663. The maximum absolute atomic E-state index is 4.41. The fourth-order valence-electron chi connectivity index (χ4n) is 2.39. The van der Waals surface area contributed by atoms with Gasteiger partial charge in [-0.15, -0.1) is 0 Å². The largest absolute Gasteiger partial charge is 0.314 e. The van der Waals surface area contributed by atoms with Gasteiger partial charge in [0.1, 0.15) is 0 Å². The Morgan fingerprint density at radius 3 is 3.06 bits per heavy atom. The molecule has 2 rings (SSSR count). The summed E-state index contributed by atoms with van der Waals surface area (Å²) in [6, 6.07) is 2.83. The first kappa shape index (κ1) is 11.6. The Kier molecular flexibility index (Phi) is 3.99. The first-order chi connectivity index (χ1) is 7.75. The molecule has 1 fully saturated rings. The molecule has 0 bridgehead atoms. The van der Waals surface area contributed by atoms with Crippen molar-refractivity contribution in [2.45, 2.75) is 52.1 Å². The van der Waals surface area contributed by atoms with Crippen molar-refractivity contribution in [2.24, 2.45) is 5.92 Å². The highest BCUT2D eigenvalue weighted by Crippen LogP contribution is 2.13. The summed E-state index contributed by atoms with van der Waals surface area (Å²) in [5.41, 5.74) is 1.38. The zero-order chi connectivity index (χ0) is 11.4. The molecule has 1 atom stereocenters. The standard InChI is InChI=1S/C13H23N3/c1-11(2)10-16-13(6-8-15-16)9-12-5-3-4-7-14-12/h6,8,11-12,14H,3-5,7,9-10H2,1-2H3. The van der Waals surface area contributed by atoms with E-state index in [2.05, 4.69) is 35.0 Å². The summed E-state index contributed by atoms with van der Waals surface area (Å²) in [6.07, 6.45) is 7.08. The van der Waals surface area contributed by atoms with Crippen molar-refractivity contribution >= 4 is 0 Å². The van der Waals surface area contributed by atoms with Gasteiger partial charge < -0.3 is 5.32 Å². The van der Waals surface area contributed by atoms with Crippen molar-refractivity contribution in [2.75, 3.05) is 6.54 Å². The number of aromatic nitrogens is 2. The Morgan fingerprint density at radius 2 is 2.38 bits per heavy atom. The van der Waals surface area contributed by atoms with Gasteiger partial charge >= 0.3 is 0 Å². The van der Waals surface area contributed by atoms with Crippen LogP contribution in [0.1, 0.15) is 38.8 Å². The SMILES string of the molecule is CC(C)Cn1nccc1CC1CCCCN1. The second-order valence-corrected chi connectivity index (χ2v) is 5.25. The van der Waals surface area contributed by atoms with E-state index in [1.54, 1.807) is 0 Å². The molecule has 0 aromatic carbocycles. The van der Waals surface area contributed by atoms with Crippen LogP contribution in [-0.2, 0) is 13.0 Å². The maximum Gasteiger partial charge on any atom is 0.0492 e. The number of hydrogen-bond acceptors (Lipinski definition) is 2. The van der Waals surface area contributed by atoms with E-state index in [1.807, 2.05) is 6.20 Å². The summed E-state index contributed by atoms with van der Waals surface area (Å²) in [5.74, 6) is 0.665. The van der Waals surface area contributed by atoms with E-state index in [0.29, 0.717) is 12.0 Å². The molecule has 2 heterocycles. The molecule has 0 radical (unpaired) electrons. The fourth-order valence-corrected chi connectivity index (χ4v) is 2.39. The van der Waals surface area contributed by atoms with Gasteiger partial charge in [0.15, 0.2) is 0 Å². The topological polar surface area (TPSA) is 29.9 Å². The highest BCUT2D eigenvalue weighted by atomic mass is 15.3. The number of piperidine rings is 1. The maximum atomic E-state index is 4.41. The molecule has 0 saturated carbocycles. The average molecular weight is 221 g/mol. The molecule has 0 aliphatic carbocycles. The lowest BCUT2D eigenvalue weighted by atomic mass is 10.0. The number of nitrogens with one attached hydrogen (secondary N) is 1. The summed E-state index contributed by atoms with van der Waals surface area (Å²) in [6.45, 7) is 6.70. The third kappa shape index (κ3) is 3.08. The molecule has 1 aliphatic rings. The molecule has 0 amide bonds. The van der Waals surface area contributed by atoms with Crippen molar-refractivity contribution in [3.8, 4) is 0 Å². The van der Waals surface area contributed by atoms with Crippen LogP contribution in [0.3, 0.4) is 0 Å². The van der Waals surface area contributed by atoms with Gasteiger partial charge in [-0.3, -0.25) is 4.68 Å². The Balaban J connectivity index is 1.94. The smallest absolute Gasteiger partial charge is 0.0492 e. The van der Waals surface area contributed by atoms with Crippen molar-refractivity contribution < 1.29 is 0 Å². The molecule has 1 saturated heterocycles. The molecule has 3 nitrogen and oxygen atoms in total. The van der Waals surface area contributed by atoms with Gasteiger partial charge in [0, 0.05) is 30.9 Å². The van der Waals surface area contributed by atoms with E-state index in [4.69, 9.17) is 0 Å². The Morgan fingerprint density at radius 1 is 1.50 bits per heavy atom. The van der Waals surface area contributed by atoms with E-state index in [9.17, 15) is 0 Å². The van der Waals surface area contributed by atoms with Crippen LogP contribution in [0.5, 0.6) is 0 Å². The van der Waals surface area contributed by atoms with Crippen molar-refractivity contribution in [1.29, 1.82) is 0 Å². The molecule has 1 aliphatic heterocycles. The minimum absolute atomic E-state index is 0.663. The Bertz CT molecular complexity index is 311. The van der Waals surface area contributed by atoms with Gasteiger partial charge in [-0.2, -0.15) is 5.10 Å². The number of rotatable bonds is 4. The first-order valence-electron chi connectivity index (χ1n) is 6.50. The molecule has 16 heavy (non-hydrogen) atoms. The van der Waals surface area contributed by atoms with Gasteiger partial charge in [0.05, 0.1) is 0 Å². The van der Waals surface area contributed by atoms with Crippen LogP contribution in [0, 0.1) is 5.92 Å². The fraction of sp³-hybridized carbons (Fsp3) is 0.769. The molecule has 0 spiro atoms. The monoisotopic (exact) mass is 221 g/mol. The molecular formula is C13H23N3. The van der Waals surface area contributed by atoms with E-state index in [1.165, 1.54) is 31.5 Å². The summed E-state index contributed by atoms with van der Waals surface area (Å²) >= 11 is 0. The second kappa shape index (κ2) is 5.48. The van der Waals surface area contributed by atoms with Crippen LogP contribution in [-0.4, -0.2) is 22.4 Å². The average Bonchev–Trinajstić information content (AvgIpc) is 2.66. The predicted octanol–water partition coefficient (Wildman–Crippen LogP) is 2.22. The molecule has 1 unspecified atom stereocenters. The van der Waals surface area contributed by atoms with Crippen molar-refractivity contribution in [3.05, 3.63) is 18.0 Å². The predicted molar refractivity (Wildman–Crippen MR) is 66.4 cm³/mol. The summed E-state index contributed by atoms with van der Waals surface area (Å²) in [4.78, 5) is 0. The zero-order valence-corrected chi connectivity index (χ0v) is 10.4. The Labute approximate surface area is 98.2 Å². The lowest BCUT2D eigenvalue weighted by molar-refractivity contribution is 0.383. The van der Waals surface area contributed by atoms with Gasteiger partial charge in [0.2, 0.25) is 0 Å².